The van der Waals surface area contributed by atoms with E-state index >= 15 is 0 Å². The summed E-state index contributed by atoms with van der Waals surface area (Å²) in [7, 11) is 1.79. The minimum absolute atomic E-state index is 0.0276. The Labute approximate surface area is 197 Å². The van der Waals surface area contributed by atoms with Gasteiger partial charge in [-0.05, 0) is 44.0 Å². The lowest BCUT2D eigenvalue weighted by Gasteiger charge is -2.22. The van der Waals surface area contributed by atoms with E-state index < -0.39 is 5.25 Å². The average molecular weight is 474 g/mol. The molecular weight excluding hydrogens is 446 g/mol. The van der Waals surface area contributed by atoms with Gasteiger partial charge in [0.25, 0.3) is 5.56 Å². The van der Waals surface area contributed by atoms with Gasteiger partial charge in [-0.2, -0.15) is 0 Å². The second-order valence-electron chi connectivity index (χ2n) is 7.50. The van der Waals surface area contributed by atoms with Crippen molar-refractivity contribution >= 4 is 40.2 Å². The molecule has 32 heavy (non-hydrogen) atoms. The average Bonchev–Trinajstić information content (AvgIpc) is 2.78. The summed E-state index contributed by atoms with van der Waals surface area (Å²) >= 11 is 7.42. The van der Waals surface area contributed by atoms with Crippen LogP contribution in [-0.2, 0) is 22.6 Å². The van der Waals surface area contributed by atoms with Crippen LogP contribution in [0.4, 0.5) is 0 Å². The maximum Gasteiger partial charge on any atom is 0.262 e. The third-order valence-electron chi connectivity index (χ3n) is 5.03. The van der Waals surface area contributed by atoms with Gasteiger partial charge in [0, 0.05) is 38.4 Å². The van der Waals surface area contributed by atoms with Crippen LogP contribution < -0.4 is 5.56 Å². The van der Waals surface area contributed by atoms with Crippen molar-refractivity contribution in [2.75, 3.05) is 20.3 Å². The van der Waals surface area contributed by atoms with E-state index in [-0.39, 0.29) is 11.5 Å². The molecule has 0 bridgehead atoms. The molecule has 1 amide bonds. The molecule has 1 heterocycles. The van der Waals surface area contributed by atoms with Crippen molar-refractivity contribution in [3.05, 3.63) is 69.5 Å². The minimum atomic E-state index is -0.412. The summed E-state index contributed by atoms with van der Waals surface area (Å²) in [5.74, 6) is -0.0276. The Bertz CT molecular complexity index is 1120. The largest absolute Gasteiger partial charge is 0.382 e. The Kier molecular flexibility index (Phi) is 8.73. The van der Waals surface area contributed by atoms with Gasteiger partial charge in [-0.3, -0.25) is 14.2 Å². The van der Waals surface area contributed by atoms with E-state index in [4.69, 9.17) is 21.3 Å². The molecule has 0 radical (unpaired) electrons. The first-order valence-corrected chi connectivity index (χ1v) is 11.9. The van der Waals surface area contributed by atoms with Crippen molar-refractivity contribution in [3.8, 4) is 0 Å². The first kappa shape index (κ1) is 24.3. The first-order chi connectivity index (χ1) is 15.4. The number of benzene rings is 2. The Morgan fingerprint density at radius 3 is 2.72 bits per heavy atom. The van der Waals surface area contributed by atoms with Crippen LogP contribution in [0.1, 0.15) is 25.8 Å². The first-order valence-electron chi connectivity index (χ1n) is 10.6. The molecule has 0 aliphatic heterocycles. The van der Waals surface area contributed by atoms with Gasteiger partial charge in [-0.15, -0.1) is 0 Å². The van der Waals surface area contributed by atoms with E-state index in [0.29, 0.717) is 53.8 Å². The Morgan fingerprint density at radius 2 is 2.00 bits per heavy atom. The summed E-state index contributed by atoms with van der Waals surface area (Å²) in [5, 5.41) is 1.12. The van der Waals surface area contributed by atoms with E-state index in [1.54, 1.807) is 34.7 Å². The lowest BCUT2D eigenvalue weighted by molar-refractivity contribution is -0.129. The molecule has 0 spiro atoms. The second-order valence-corrected chi connectivity index (χ2v) is 9.25. The number of halogens is 1. The summed E-state index contributed by atoms with van der Waals surface area (Å²) in [6.45, 7) is 5.95. The molecule has 3 rings (SSSR count). The van der Waals surface area contributed by atoms with Crippen LogP contribution in [-0.4, -0.2) is 45.9 Å². The minimum Gasteiger partial charge on any atom is -0.382 e. The standard InChI is InChI=1S/C24H28ClN3O3S/c1-4-31-14-8-13-28-23(30)20-12-11-19(25)15-21(20)26-24(28)32-17(2)22(29)27(3)16-18-9-6-5-7-10-18/h5-7,9-12,15,17H,4,8,13-14,16H2,1-3H3. The fourth-order valence-corrected chi connectivity index (χ4v) is 4.60. The molecule has 0 aliphatic carbocycles. The summed E-state index contributed by atoms with van der Waals surface area (Å²) in [4.78, 5) is 32.6. The number of carbonyl (C=O) groups excluding carboxylic acids is 1. The number of carbonyl (C=O) groups is 1. The van der Waals surface area contributed by atoms with Crippen molar-refractivity contribution in [1.82, 2.24) is 14.5 Å². The second kappa shape index (κ2) is 11.5. The number of rotatable bonds is 10. The number of amides is 1. The van der Waals surface area contributed by atoms with Crippen LogP contribution >= 0.6 is 23.4 Å². The Morgan fingerprint density at radius 1 is 1.25 bits per heavy atom. The zero-order chi connectivity index (χ0) is 23.1. The molecule has 1 atom stereocenters. The van der Waals surface area contributed by atoms with Crippen molar-refractivity contribution in [2.24, 2.45) is 0 Å². The maximum atomic E-state index is 13.2. The van der Waals surface area contributed by atoms with Crippen molar-refractivity contribution < 1.29 is 9.53 Å². The van der Waals surface area contributed by atoms with Gasteiger partial charge in [-0.25, -0.2) is 4.98 Å². The zero-order valence-corrected chi connectivity index (χ0v) is 20.2. The fourth-order valence-electron chi connectivity index (χ4n) is 3.38. The number of ether oxygens (including phenoxy) is 1. The molecule has 170 valence electrons. The number of hydrogen-bond donors (Lipinski definition) is 0. The van der Waals surface area contributed by atoms with Gasteiger partial charge in [-0.1, -0.05) is 53.7 Å². The van der Waals surface area contributed by atoms with E-state index in [1.807, 2.05) is 44.2 Å². The number of aromatic nitrogens is 2. The Balaban J connectivity index is 1.84. The SMILES string of the molecule is CCOCCCn1c(SC(C)C(=O)N(C)Cc2ccccc2)nc2cc(Cl)ccc2c1=O. The highest BCUT2D eigenvalue weighted by Crippen LogP contribution is 2.25. The van der Waals surface area contributed by atoms with Gasteiger partial charge < -0.3 is 9.64 Å². The van der Waals surface area contributed by atoms with Crippen LogP contribution in [0.25, 0.3) is 10.9 Å². The molecule has 0 saturated carbocycles. The Hall–Kier alpha value is -2.35. The summed E-state index contributed by atoms with van der Waals surface area (Å²) in [6.07, 6.45) is 0.679. The third-order valence-corrected chi connectivity index (χ3v) is 6.34. The number of nitrogens with zero attached hydrogens (tertiary/aromatic N) is 3. The summed E-state index contributed by atoms with van der Waals surface area (Å²) in [6, 6.07) is 14.9. The molecule has 1 unspecified atom stereocenters. The highest BCUT2D eigenvalue weighted by molar-refractivity contribution is 8.00. The van der Waals surface area contributed by atoms with Crippen molar-refractivity contribution in [1.29, 1.82) is 0 Å². The molecule has 8 heteroatoms. The van der Waals surface area contributed by atoms with Crippen LogP contribution in [0.15, 0.2) is 58.5 Å². The molecule has 0 N–H and O–H groups in total. The van der Waals surface area contributed by atoms with Crippen LogP contribution in [0.3, 0.4) is 0 Å². The van der Waals surface area contributed by atoms with Crippen molar-refractivity contribution in [2.45, 2.75) is 43.8 Å². The highest BCUT2D eigenvalue weighted by atomic mass is 35.5. The van der Waals surface area contributed by atoms with Crippen LogP contribution in [0.2, 0.25) is 5.02 Å². The van der Waals surface area contributed by atoms with E-state index in [9.17, 15) is 9.59 Å². The smallest absolute Gasteiger partial charge is 0.262 e. The van der Waals surface area contributed by atoms with E-state index in [0.717, 1.165) is 5.56 Å². The van der Waals surface area contributed by atoms with Gasteiger partial charge in [0.15, 0.2) is 5.16 Å². The van der Waals surface area contributed by atoms with Crippen LogP contribution in [0, 0.1) is 0 Å². The quantitative estimate of drug-likeness (QED) is 0.244. The summed E-state index contributed by atoms with van der Waals surface area (Å²) in [5.41, 5.74) is 1.46. The molecule has 0 fully saturated rings. The molecule has 6 nitrogen and oxygen atoms in total. The summed E-state index contributed by atoms with van der Waals surface area (Å²) < 4.78 is 7.06. The predicted octanol–water partition coefficient (Wildman–Crippen LogP) is 4.62. The van der Waals surface area contributed by atoms with E-state index in [2.05, 4.69) is 0 Å². The molecule has 0 saturated heterocycles. The van der Waals surface area contributed by atoms with Crippen molar-refractivity contribution in [3.63, 3.8) is 0 Å². The number of fused-ring (bicyclic) bond motifs is 1. The molecule has 3 aromatic rings. The van der Waals surface area contributed by atoms with Gasteiger partial charge in [0.2, 0.25) is 5.91 Å². The number of hydrogen-bond acceptors (Lipinski definition) is 5. The lowest BCUT2D eigenvalue weighted by atomic mass is 10.2. The maximum absolute atomic E-state index is 13.2. The number of thioether (sulfide) groups is 1. The van der Waals surface area contributed by atoms with Gasteiger partial charge >= 0.3 is 0 Å². The predicted molar refractivity (Wildman–Crippen MR) is 130 cm³/mol. The normalized spacial score (nSPS) is 12.1. The highest BCUT2D eigenvalue weighted by Gasteiger charge is 2.22. The fraction of sp³-hybridized carbons (Fsp3) is 0.375. The molecular formula is C24H28ClN3O3S. The molecule has 2 aromatic carbocycles. The van der Waals surface area contributed by atoms with Gasteiger partial charge in [0.05, 0.1) is 16.2 Å². The van der Waals surface area contributed by atoms with Crippen LogP contribution in [0.5, 0.6) is 0 Å². The van der Waals surface area contributed by atoms with E-state index in [1.165, 1.54) is 11.8 Å². The molecule has 0 aliphatic rings. The zero-order valence-electron chi connectivity index (χ0n) is 18.6. The topological polar surface area (TPSA) is 64.4 Å². The van der Waals surface area contributed by atoms with Gasteiger partial charge in [0.1, 0.15) is 0 Å². The lowest BCUT2D eigenvalue weighted by Crippen LogP contribution is -2.33. The monoisotopic (exact) mass is 473 g/mol. The molecule has 1 aromatic heterocycles. The third kappa shape index (κ3) is 6.12.